The van der Waals surface area contributed by atoms with Crippen LogP contribution in [0.4, 0.5) is 0 Å². The summed E-state index contributed by atoms with van der Waals surface area (Å²) in [7, 11) is 0. The predicted octanol–water partition coefficient (Wildman–Crippen LogP) is 1.95. The van der Waals surface area contributed by atoms with E-state index in [1.807, 2.05) is 0 Å². The third kappa shape index (κ3) is 4.62. The SMILES string of the molecule is CC(C)CCN(C(=O)[C@@H]1CC[C@H](CN)O1)C1CC1.Cl. The van der Waals surface area contributed by atoms with E-state index in [-0.39, 0.29) is 30.5 Å². The second kappa shape index (κ2) is 7.46. The molecule has 2 N–H and O–H groups in total. The van der Waals surface area contributed by atoms with E-state index in [1.165, 1.54) is 0 Å². The van der Waals surface area contributed by atoms with Crippen LogP contribution in [0.5, 0.6) is 0 Å². The van der Waals surface area contributed by atoms with Crippen LogP contribution < -0.4 is 5.73 Å². The molecule has 1 heterocycles. The van der Waals surface area contributed by atoms with Crippen molar-refractivity contribution in [2.45, 2.75) is 64.2 Å². The number of hydrogen-bond donors (Lipinski definition) is 1. The summed E-state index contributed by atoms with van der Waals surface area (Å²) >= 11 is 0. The Morgan fingerprint density at radius 1 is 1.32 bits per heavy atom. The van der Waals surface area contributed by atoms with Crippen LogP contribution in [0.1, 0.15) is 46.0 Å². The van der Waals surface area contributed by atoms with Crippen LogP contribution in [0.2, 0.25) is 0 Å². The highest BCUT2D eigenvalue weighted by molar-refractivity contribution is 5.85. The number of hydrogen-bond acceptors (Lipinski definition) is 3. The lowest BCUT2D eigenvalue weighted by Gasteiger charge is -2.26. The maximum atomic E-state index is 12.5. The van der Waals surface area contributed by atoms with Gasteiger partial charge in [-0.3, -0.25) is 4.79 Å². The number of amides is 1. The Kier molecular flexibility index (Phi) is 6.57. The molecule has 1 aliphatic heterocycles. The lowest BCUT2D eigenvalue weighted by Crippen LogP contribution is -2.42. The van der Waals surface area contributed by atoms with Crippen molar-refractivity contribution in [2.24, 2.45) is 11.7 Å². The molecule has 0 radical (unpaired) electrons. The van der Waals surface area contributed by atoms with Crippen molar-refractivity contribution in [3.63, 3.8) is 0 Å². The third-order valence-corrected chi connectivity index (χ3v) is 3.86. The first-order valence-corrected chi connectivity index (χ1v) is 7.27. The van der Waals surface area contributed by atoms with Gasteiger partial charge in [-0.05, 0) is 38.0 Å². The largest absolute Gasteiger partial charge is 0.364 e. The highest BCUT2D eigenvalue weighted by Gasteiger charge is 2.38. The van der Waals surface area contributed by atoms with Crippen molar-refractivity contribution in [1.82, 2.24) is 4.90 Å². The number of rotatable bonds is 6. The third-order valence-electron chi connectivity index (χ3n) is 3.86. The molecule has 1 amide bonds. The van der Waals surface area contributed by atoms with E-state index < -0.39 is 0 Å². The van der Waals surface area contributed by atoms with Crippen LogP contribution in [0.3, 0.4) is 0 Å². The van der Waals surface area contributed by atoms with Gasteiger partial charge in [0.15, 0.2) is 0 Å². The molecule has 1 saturated carbocycles. The molecule has 4 nitrogen and oxygen atoms in total. The minimum absolute atomic E-state index is 0. The van der Waals surface area contributed by atoms with E-state index in [0.717, 1.165) is 38.6 Å². The number of carbonyl (C=O) groups excluding carboxylic acids is 1. The summed E-state index contributed by atoms with van der Waals surface area (Å²) < 4.78 is 5.72. The molecule has 0 spiro atoms. The summed E-state index contributed by atoms with van der Waals surface area (Å²) in [6, 6.07) is 0.483. The Labute approximate surface area is 122 Å². The molecule has 2 aliphatic rings. The summed E-state index contributed by atoms with van der Waals surface area (Å²) in [5, 5.41) is 0. The quantitative estimate of drug-likeness (QED) is 0.813. The Morgan fingerprint density at radius 3 is 2.47 bits per heavy atom. The van der Waals surface area contributed by atoms with Crippen LogP contribution in [0.15, 0.2) is 0 Å². The summed E-state index contributed by atoms with van der Waals surface area (Å²) in [6.45, 7) is 5.81. The minimum atomic E-state index is -0.230. The van der Waals surface area contributed by atoms with Crippen LogP contribution in [-0.2, 0) is 9.53 Å². The normalized spacial score (nSPS) is 26.3. The van der Waals surface area contributed by atoms with E-state index in [1.54, 1.807) is 0 Å². The van der Waals surface area contributed by atoms with Crippen LogP contribution in [0.25, 0.3) is 0 Å². The number of carbonyl (C=O) groups is 1. The molecule has 112 valence electrons. The molecule has 19 heavy (non-hydrogen) atoms. The Balaban J connectivity index is 0.00000180. The number of halogens is 1. The van der Waals surface area contributed by atoms with Gasteiger partial charge in [-0.2, -0.15) is 0 Å². The number of nitrogens with zero attached hydrogens (tertiary/aromatic N) is 1. The van der Waals surface area contributed by atoms with Gasteiger partial charge in [-0.25, -0.2) is 0 Å². The molecule has 0 bridgehead atoms. The molecule has 0 aromatic heterocycles. The molecule has 2 fully saturated rings. The zero-order valence-corrected chi connectivity index (χ0v) is 12.8. The monoisotopic (exact) mass is 290 g/mol. The van der Waals surface area contributed by atoms with Gasteiger partial charge in [0.25, 0.3) is 5.91 Å². The van der Waals surface area contributed by atoms with Gasteiger partial charge in [-0.15, -0.1) is 12.4 Å². The molecule has 0 aromatic carbocycles. The number of nitrogens with two attached hydrogens (primary N) is 1. The first-order valence-electron chi connectivity index (χ1n) is 7.27. The van der Waals surface area contributed by atoms with Gasteiger partial charge in [0.05, 0.1) is 6.10 Å². The van der Waals surface area contributed by atoms with Crippen molar-refractivity contribution in [1.29, 1.82) is 0 Å². The van der Waals surface area contributed by atoms with Crippen LogP contribution in [0, 0.1) is 5.92 Å². The van der Waals surface area contributed by atoms with E-state index >= 15 is 0 Å². The Bertz CT molecular complexity index is 295. The van der Waals surface area contributed by atoms with Crippen molar-refractivity contribution < 1.29 is 9.53 Å². The lowest BCUT2D eigenvalue weighted by molar-refractivity contribution is -0.143. The molecule has 5 heteroatoms. The topological polar surface area (TPSA) is 55.6 Å². The molecular weight excluding hydrogens is 264 g/mol. The summed E-state index contributed by atoms with van der Waals surface area (Å²) in [5.41, 5.74) is 5.59. The Morgan fingerprint density at radius 2 is 2.00 bits per heavy atom. The summed E-state index contributed by atoms with van der Waals surface area (Å²) in [5.74, 6) is 0.842. The van der Waals surface area contributed by atoms with Gasteiger partial charge < -0.3 is 15.4 Å². The number of ether oxygens (including phenoxy) is 1. The average Bonchev–Trinajstić information content (AvgIpc) is 3.06. The van der Waals surface area contributed by atoms with Gasteiger partial charge in [0.2, 0.25) is 0 Å². The van der Waals surface area contributed by atoms with Crippen molar-refractivity contribution in [2.75, 3.05) is 13.1 Å². The zero-order valence-electron chi connectivity index (χ0n) is 12.0. The summed E-state index contributed by atoms with van der Waals surface area (Å²) in [6.07, 6.45) is 5.03. The lowest BCUT2D eigenvalue weighted by atomic mass is 10.1. The standard InChI is InChI=1S/C14H26N2O2.ClH/c1-10(2)7-8-16(11-3-4-11)14(17)13-6-5-12(9-15)18-13;/h10-13H,3-9,15H2,1-2H3;1H/t12-,13+;/m1./s1. The summed E-state index contributed by atoms with van der Waals surface area (Å²) in [4.78, 5) is 14.5. The van der Waals surface area contributed by atoms with Crippen LogP contribution in [-0.4, -0.2) is 42.1 Å². The second-order valence-electron chi connectivity index (χ2n) is 6.01. The predicted molar refractivity (Wildman–Crippen MR) is 78.4 cm³/mol. The smallest absolute Gasteiger partial charge is 0.251 e. The minimum Gasteiger partial charge on any atom is -0.364 e. The van der Waals surface area contributed by atoms with Gasteiger partial charge in [0.1, 0.15) is 6.10 Å². The molecule has 0 unspecified atom stereocenters. The first-order chi connectivity index (χ1) is 8.61. The molecule has 1 aliphatic carbocycles. The fourth-order valence-corrected chi connectivity index (χ4v) is 2.50. The fourth-order valence-electron chi connectivity index (χ4n) is 2.50. The second-order valence-corrected chi connectivity index (χ2v) is 6.01. The van der Waals surface area contributed by atoms with Crippen molar-refractivity contribution in [3.8, 4) is 0 Å². The molecule has 0 aromatic rings. The van der Waals surface area contributed by atoms with Gasteiger partial charge >= 0.3 is 0 Å². The Hall–Kier alpha value is -0.320. The van der Waals surface area contributed by atoms with Gasteiger partial charge in [0, 0.05) is 19.1 Å². The maximum absolute atomic E-state index is 12.5. The fraction of sp³-hybridized carbons (Fsp3) is 0.929. The molecule has 2 atom stereocenters. The van der Waals surface area contributed by atoms with E-state index in [4.69, 9.17) is 10.5 Å². The first kappa shape index (κ1) is 16.7. The van der Waals surface area contributed by atoms with E-state index in [0.29, 0.717) is 18.5 Å². The van der Waals surface area contributed by atoms with Crippen LogP contribution >= 0.6 is 12.4 Å². The van der Waals surface area contributed by atoms with Crippen molar-refractivity contribution >= 4 is 18.3 Å². The zero-order chi connectivity index (χ0) is 13.1. The highest BCUT2D eigenvalue weighted by atomic mass is 35.5. The molecule has 1 saturated heterocycles. The molecular formula is C14H27ClN2O2. The highest BCUT2D eigenvalue weighted by Crippen LogP contribution is 2.30. The average molecular weight is 291 g/mol. The van der Waals surface area contributed by atoms with Crippen molar-refractivity contribution in [3.05, 3.63) is 0 Å². The molecule has 2 rings (SSSR count). The van der Waals surface area contributed by atoms with E-state index in [2.05, 4.69) is 18.7 Å². The van der Waals surface area contributed by atoms with E-state index in [9.17, 15) is 4.79 Å². The maximum Gasteiger partial charge on any atom is 0.251 e. The van der Waals surface area contributed by atoms with Gasteiger partial charge in [-0.1, -0.05) is 13.8 Å².